The van der Waals surface area contributed by atoms with E-state index < -0.39 is 22.0 Å². The molecule has 1 aromatic heterocycles. The Balaban J connectivity index is 1.48. The van der Waals surface area contributed by atoms with Crippen molar-refractivity contribution in [2.75, 3.05) is 10.6 Å². The molecule has 202 valence electrons. The van der Waals surface area contributed by atoms with Crippen LogP contribution in [0.25, 0.3) is 5.69 Å². The van der Waals surface area contributed by atoms with Gasteiger partial charge in [-0.25, -0.2) is 13.8 Å². The molecule has 0 bridgehead atoms. The first kappa shape index (κ1) is 27.9. The van der Waals surface area contributed by atoms with Crippen molar-refractivity contribution in [3.05, 3.63) is 107 Å². The van der Waals surface area contributed by atoms with Gasteiger partial charge < -0.3 is 9.30 Å². The van der Waals surface area contributed by atoms with Crippen molar-refractivity contribution in [1.82, 2.24) is 9.99 Å². The number of nitrogens with zero attached hydrogens (tertiary/aromatic N) is 3. The Hall–Kier alpha value is -4.08. The molecule has 3 aromatic carbocycles. The van der Waals surface area contributed by atoms with Gasteiger partial charge in [-0.15, -0.1) is 0 Å². The number of hydrogen-bond acceptors (Lipinski definition) is 5. The van der Waals surface area contributed by atoms with E-state index in [0.717, 1.165) is 33.2 Å². The highest BCUT2D eigenvalue weighted by Gasteiger charge is 2.29. The number of aryl methyl sites for hydroxylation is 1. The SMILES string of the molecule is Cc1cc(/C=N\NC(=O)[C@@H](C)N(c2ccc(Oc3ccccc3)cc2)S(C)(=O)=O)c(C)n1-c1cccc(Cl)c1. The van der Waals surface area contributed by atoms with Gasteiger partial charge in [-0.3, -0.25) is 9.10 Å². The fourth-order valence-corrected chi connectivity index (χ4v) is 5.64. The number of carbonyl (C=O) groups is 1. The number of hydrazone groups is 1. The van der Waals surface area contributed by atoms with E-state index in [9.17, 15) is 13.2 Å². The number of rotatable bonds is 9. The summed E-state index contributed by atoms with van der Waals surface area (Å²) in [5, 5.41) is 4.73. The molecule has 8 nitrogen and oxygen atoms in total. The summed E-state index contributed by atoms with van der Waals surface area (Å²) in [5.41, 5.74) is 6.40. The third-order valence-electron chi connectivity index (χ3n) is 6.07. The second-order valence-corrected chi connectivity index (χ2v) is 11.3. The number of ether oxygens (including phenoxy) is 1. The molecule has 1 heterocycles. The van der Waals surface area contributed by atoms with Crippen molar-refractivity contribution >= 4 is 39.4 Å². The molecular weight excluding hydrogens is 536 g/mol. The number of carbonyl (C=O) groups excluding carboxylic acids is 1. The van der Waals surface area contributed by atoms with Gasteiger partial charge in [0.15, 0.2) is 0 Å². The lowest BCUT2D eigenvalue weighted by atomic mass is 10.2. The summed E-state index contributed by atoms with van der Waals surface area (Å²) >= 11 is 6.16. The van der Waals surface area contributed by atoms with Gasteiger partial charge in [-0.1, -0.05) is 35.9 Å². The molecule has 39 heavy (non-hydrogen) atoms. The number of nitrogens with one attached hydrogen (secondary N) is 1. The summed E-state index contributed by atoms with van der Waals surface area (Å²) in [6, 6.07) is 24.1. The Kier molecular flexibility index (Phi) is 8.42. The minimum absolute atomic E-state index is 0.328. The molecule has 0 saturated heterocycles. The van der Waals surface area contributed by atoms with Crippen molar-refractivity contribution in [3.8, 4) is 17.2 Å². The van der Waals surface area contributed by atoms with Crippen LogP contribution in [-0.4, -0.2) is 37.4 Å². The minimum Gasteiger partial charge on any atom is -0.457 e. The van der Waals surface area contributed by atoms with Crippen molar-refractivity contribution < 1.29 is 17.9 Å². The summed E-state index contributed by atoms with van der Waals surface area (Å²) < 4.78 is 34.2. The summed E-state index contributed by atoms with van der Waals surface area (Å²) in [4.78, 5) is 12.9. The van der Waals surface area contributed by atoms with E-state index in [1.807, 2.05) is 79.1 Å². The Bertz CT molecular complexity index is 1600. The highest BCUT2D eigenvalue weighted by Crippen LogP contribution is 2.27. The van der Waals surface area contributed by atoms with E-state index >= 15 is 0 Å². The molecule has 0 radical (unpaired) electrons. The fraction of sp³-hybridized carbons (Fsp3) is 0.172. The Morgan fingerprint density at radius 1 is 1.00 bits per heavy atom. The van der Waals surface area contributed by atoms with Gasteiger partial charge in [0.05, 0.1) is 18.2 Å². The van der Waals surface area contributed by atoms with Gasteiger partial charge in [-0.05, 0) is 81.4 Å². The first-order chi connectivity index (χ1) is 18.5. The van der Waals surface area contributed by atoms with Crippen LogP contribution in [0.2, 0.25) is 5.02 Å². The highest BCUT2D eigenvalue weighted by atomic mass is 35.5. The summed E-state index contributed by atoms with van der Waals surface area (Å²) in [6.45, 7) is 5.41. The standard InChI is InChI=1S/C29H29ClN4O4S/c1-20-17-23(21(2)33(20)26-10-8-9-24(30)18-26)19-31-32-29(35)22(3)34(39(4,36)37)25-13-15-28(16-14-25)38-27-11-6-5-7-12-27/h5-19,22H,1-4H3,(H,32,35)/b31-19-/t22-/m1/s1. The molecule has 10 heteroatoms. The maximum atomic E-state index is 12.9. The van der Waals surface area contributed by atoms with Gasteiger partial charge in [0.1, 0.15) is 17.5 Å². The van der Waals surface area contributed by atoms with Gasteiger partial charge >= 0.3 is 0 Å². The summed E-state index contributed by atoms with van der Waals surface area (Å²) in [5.74, 6) is 0.615. The van der Waals surface area contributed by atoms with Crippen molar-refractivity contribution in [3.63, 3.8) is 0 Å². The predicted octanol–water partition coefficient (Wildman–Crippen LogP) is 5.84. The number of amides is 1. The number of sulfonamides is 1. The lowest BCUT2D eigenvalue weighted by Crippen LogP contribution is -2.46. The van der Waals surface area contributed by atoms with Crippen molar-refractivity contribution in [2.45, 2.75) is 26.8 Å². The predicted molar refractivity (Wildman–Crippen MR) is 156 cm³/mol. The molecule has 4 aromatic rings. The summed E-state index contributed by atoms with van der Waals surface area (Å²) in [7, 11) is -3.79. The molecular formula is C29H29ClN4O4S. The van der Waals surface area contributed by atoms with E-state index in [4.69, 9.17) is 16.3 Å². The minimum atomic E-state index is -3.79. The lowest BCUT2D eigenvalue weighted by molar-refractivity contribution is -0.121. The van der Waals surface area contributed by atoms with Crippen LogP contribution < -0.4 is 14.5 Å². The third kappa shape index (κ3) is 6.68. The Morgan fingerprint density at radius 3 is 2.31 bits per heavy atom. The van der Waals surface area contributed by atoms with Crippen LogP contribution in [0.4, 0.5) is 5.69 Å². The van der Waals surface area contributed by atoms with E-state index in [1.54, 1.807) is 24.3 Å². The fourth-order valence-electron chi connectivity index (χ4n) is 4.28. The molecule has 1 atom stereocenters. The smallest absolute Gasteiger partial charge is 0.263 e. The quantitative estimate of drug-likeness (QED) is 0.204. The van der Waals surface area contributed by atoms with Gasteiger partial charge in [0.2, 0.25) is 10.0 Å². The average Bonchev–Trinajstić information content (AvgIpc) is 3.17. The highest BCUT2D eigenvalue weighted by molar-refractivity contribution is 7.92. The number of para-hydroxylation sites is 1. The van der Waals surface area contributed by atoms with Crippen molar-refractivity contribution in [1.29, 1.82) is 0 Å². The van der Waals surface area contributed by atoms with Gasteiger partial charge in [-0.2, -0.15) is 5.10 Å². The second kappa shape index (κ2) is 11.8. The normalized spacial score (nSPS) is 12.3. The molecule has 0 aliphatic rings. The first-order valence-corrected chi connectivity index (χ1v) is 14.4. The van der Waals surface area contributed by atoms with E-state index in [0.29, 0.717) is 22.2 Å². The van der Waals surface area contributed by atoms with E-state index in [1.165, 1.54) is 13.1 Å². The molecule has 0 aliphatic carbocycles. The van der Waals surface area contributed by atoms with Crippen LogP contribution >= 0.6 is 11.6 Å². The number of aromatic nitrogens is 1. The molecule has 0 aliphatic heterocycles. The molecule has 1 amide bonds. The maximum Gasteiger partial charge on any atom is 0.263 e. The largest absolute Gasteiger partial charge is 0.457 e. The van der Waals surface area contributed by atoms with Crippen molar-refractivity contribution in [2.24, 2.45) is 5.10 Å². The van der Waals surface area contributed by atoms with Crippen LogP contribution in [0.1, 0.15) is 23.9 Å². The number of hydrogen-bond donors (Lipinski definition) is 1. The number of anilines is 1. The molecule has 0 fully saturated rings. The lowest BCUT2D eigenvalue weighted by Gasteiger charge is -2.27. The molecule has 1 N–H and O–H groups in total. The van der Waals surface area contributed by atoms with Gasteiger partial charge in [0, 0.05) is 27.7 Å². The first-order valence-electron chi connectivity index (χ1n) is 12.1. The zero-order valence-electron chi connectivity index (χ0n) is 22.0. The average molecular weight is 565 g/mol. The number of halogens is 1. The van der Waals surface area contributed by atoms with Crippen LogP contribution in [0.5, 0.6) is 11.5 Å². The maximum absolute atomic E-state index is 12.9. The zero-order chi connectivity index (χ0) is 28.2. The number of benzene rings is 3. The second-order valence-electron chi connectivity index (χ2n) is 9.02. The molecule has 4 rings (SSSR count). The van der Waals surface area contributed by atoms with E-state index in [-0.39, 0.29) is 0 Å². The molecule has 0 spiro atoms. The van der Waals surface area contributed by atoms with Crippen LogP contribution in [0.3, 0.4) is 0 Å². The Labute approximate surface area is 233 Å². The summed E-state index contributed by atoms with van der Waals surface area (Å²) in [6.07, 6.45) is 2.59. The zero-order valence-corrected chi connectivity index (χ0v) is 23.6. The third-order valence-corrected chi connectivity index (χ3v) is 7.55. The monoisotopic (exact) mass is 564 g/mol. The van der Waals surface area contributed by atoms with Crippen LogP contribution in [-0.2, 0) is 14.8 Å². The van der Waals surface area contributed by atoms with Crippen LogP contribution in [0.15, 0.2) is 90.0 Å². The topological polar surface area (TPSA) is 93.0 Å². The van der Waals surface area contributed by atoms with Gasteiger partial charge in [0.25, 0.3) is 5.91 Å². The molecule has 0 unspecified atom stereocenters. The van der Waals surface area contributed by atoms with Crippen LogP contribution in [0, 0.1) is 13.8 Å². The molecule has 0 saturated carbocycles. The van der Waals surface area contributed by atoms with E-state index in [2.05, 4.69) is 10.5 Å². The Morgan fingerprint density at radius 2 is 1.67 bits per heavy atom.